The number of hydrogen-bond acceptors (Lipinski definition) is 3. The molecule has 0 saturated heterocycles. The molecule has 2 aromatic carbocycles. The van der Waals surface area contributed by atoms with Crippen molar-refractivity contribution in [1.82, 2.24) is 0 Å². The lowest BCUT2D eigenvalue weighted by Crippen LogP contribution is -2.08. The molecule has 0 aromatic heterocycles. The van der Waals surface area contributed by atoms with Gasteiger partial charge in [-0.05, 0) is 43.3 Å². The monoisotopic (exact) mass is 277 g/mol. The zero-order chi connectivity index (χ0) is 13.8. The van der Waals surface area contributed by atoms with Crippen LogP contribution in [0.5, 0.6) is 5.75 Å². The van der Waals surface area contributed by atoms with Crippen molar-refractivity contribution in [3.63, 3.8) is 0 Å². The molecule has 0 amide bonds. The molecule has 19 heavy (non-hydrogen) atoms. The molecule has 1 atom stereocenters. The molecule has 2 aromatic rings. The van der Waals surface area contributed by atoms with Gasteiger partial charge in [-0.2, -0.15) is 0 Å². The van der Waals surface area contributed by atoms with E-state index in [1.807, 2.05) is 25.1 Å². The fraction of sp³-hybridized carbons (Fsp3) is 0.200. The zero-order valence-electron chi connectivity index (χ0n) is 10.9. The first-order valence-corrected chi connectivity index (χ1v) is 6.79. The molecule has 0 unspecified atom stereocenters. The number of ether oxygens (including phenoxy) is 1. The molecular formula is C15H16FNOS. The lowest BCUT2D eigenvalue weighted by atomic mass is 10.1. The third kappa shape index (κ3) is 3.28. The van der Waals surface area contributed by atoms with Gasteiger partial charge in [-0.1, -0.05) is 17.8 Å². The second-order valence-electron chi connectivity index (χ2n) is 4.22. The van der Waals surface area contributed by atoms with Crippen LogP contribution in [-0.4, -0.2) is 7.11 Å². The topological polar surface area (TPSA) is 35.2 Å². The van der Waals surface area contributed by atoms with E-state index in [4.69, 9.17) is 10.5 Å². The number of rotatable bonds is 4. The van der Waals surface area contributed by atoms with E-state index >= 15 is 0 Å². The summed E-state index contributed by atoms with van der Waals surface area (Å²) in [7, 11) is 1.63. The largest absolute Gasteiger partial charge is 0.496 e. The van der Waals surface area contributed by atoms with Crippen molar-refractivity contribution in [2.75, 3.05) is 7.11 Å². The molecule has 0 fully saturated rings. The Kier molecular flexibility index (Phi) is 4.45. The highest BCUT2D eigenvalue weighted by Gasteiger charge is 2.13. The van der Waals surface area contributed by atoms with Gasteiger partial charge in [-0.25, -0.2) is 4.39 Å². The van der Waals surface area contributed by atoms with Gasteiger partial charge in [0, 0.05) is 21.4 Å². The van der Waals surface area contributed by atoms with E-state index in [-0.39, 0.29) is 11.9 Å². The van der Waals surface area contributed by atoms with Crippen LogP contribution in [0.15, 0.2) is 52.3 Å². The molecule has 0 heterocycles. The normalized spacial score (nSPS) is 12.2. The summed E-state index contributed by atoms with van der Waals surface area (Å²) < 4.78 is 18.3. The van der Waals surface area contributed by atoms with E-state index in [1.165, 1.54) is 12.1 Å². The van der Waals surface area contributed by atoms with Crippen LogP contribution in [0.25, 0.3) is 0 Å². The van der Waals surface area contributed by atoms with Crippen LogP contribution >= 0.6 is 11.8 Å². The van der Waals surface area contributed by atoms with Crippen molar-refractivity contribution in [1.29, 1.82) is 0 Å². The van der Waals surface area contributed by atoms with Gasteiger partial charge in [-0.3, -0.25) is 0 Å². The average Bonchev–Trinajstić information content (AvgIpc) is 2.40. The van der Waals surface area contributed by atoms with Gasteiger partial charge < -0.3 is 10.5 Å². The number of halogens is 1. The molecule has 0 aliphatic heterocycles. The Labute approximate surface area is 116 Å². The van der Waals surface area contributed by atoms with Gasteiger partial charge in [0.25, 0.3) is 0 Å². The SMILES string of the molecule is COc1cccc(Sc2ccc(F)cc2)c1[C@@H](C)N. The minimum atomic E-state index is -0.234. The Morgan fingerprint density at radius 3 is 2.42 bits per heavy atom. The summed E-state index contributed by atoms with van der Waals surface area (Å²) in [5.41, 5.74) is 6.99. The van der Waals surface area contributed by atoms with E-state index < -0.39 is 0 Å². The van der Waals surface area contributed by atoms with Gasteiger partial charge in [0.05, 0.1) is 7.11 Å². The molecule has 2 rings (SSSR count). The van der Waals surface area contributed by atoms with E-state index in [0.29, 0.717) is 0 Å². The van der Waals surface area contributed by atoms with Crippen molar-refractivity contribution in [2.45, 2.75) is 22.8 Å². The fourth-order valence-corrected chi connectivity index (χ4v) is 2.94. The maximum absolute atomic E-state index is 12.9. The maximum Gasteiger partial charge on any atom is 0.124 e. The zero-order valence-corrected chi connectivity index (χ0v) is 11.7. The van der Waals surface area contributed by atoms with Crippen molar-refractivity contribution >= 4 is 11.8 Å². The van der Waals surface area contributed by atoms with Gasteiger partial charge in [0.2, 0.25) is 0 Å². The Hall–Kier alpha value is -1.52. The standard InChI is InChI=1S/C15H16FNOS/c1-10(17)15-13(18-2)4-3-5-14(15)19-12-8-6-11(16)7-9-12/h3-10H,17H2,1-2H3/t10-/m1/s1. The fourth-order valence-electron chi connectivity index (χ4n) is 1.87. The molecule has 0 aliphatic carbocycles. The molecule has 0 spiro atoms. The summed E-state index contributed by atoms with van der Waals surface area (Å²) in [4.78, 5) is 2.00. The Balaban J connectivity index is 2.36. The Bertz CT molecular complexity index is 555. The van der Waals surface area contributed by atoms with Crippen LogP contribution in [0.4, 0.5) is 4.39 Å². The summed E-state index contributed by atoms with van der Waals surface area (Å²) >= 11 is 1.55. The van der Waals surface area contributed by atoms with Gasteiger partial charge in [0.1, 0.15) is 11.6 Å². The minimum Gasteiger partial charge on any atom is -0.496 e. The minimum absolute atomic E-state index is 0.126. The van der Waals surface area contributed by atoms with Crippen molar-refractivity contribution in [2.24, 2.45) is 5.73 Å². The lowest BCUT2D eigenvalue weighted by Gasteiger charge is -2.16. The highest BCUT2D eigenvalue weighted by Crippen LogP contribution is 2.37. The quantitative estimate of drug-likeness (QED) is 0.917. The second kappa shape index (κ2) is 6.08. The summed E-state index contributed by atoms with van der Waals surface area (Å²) in [6.45, 7) is 1.92. The predicted molar refractivity (Wildman–Crippen MR) is 76.1 cm³/mol. The molecule has 0 bridgehead atoms. The summed E-state index contributed by atoms with van der Waals surface area (Å²) in [5, 5.41) is 0. The highest BCUT2D eigenvalue weighted by molar-refractivity contribution is 7.99. The number of nitrogens with two attached hydrogens (primary N) is 1. The molecule has 0 radical (unpaired) electrons. The van der Waals surface area contributed by atoms with E-state index in [9.17, 15) is 4.39 Å². The lowest BCUT2D eigenvalue weighted by molar-refractivity contribution is 0.405. The van der Waals surface area contributed by atoms with Crippen LogP contribution in [0.2, 0.25) is 0 Å². The molecule has 2 N–H and O–H groups in total. The van der Waals surface area contributed by atoms with Crippen LogP contribution in [0.3, 0.4) is 0 Å². The number of methoxy groups -OCH3 is 1. The van der Waals surface area contributed by atoms with E-state index in [1.54, 1.807) is 31.0 Å². The number of benzene rings is 2. The van der Waals surface area contributed by atoms with E-state index in [0.717, 1.165) is 21.1 Å². The first kappa shape index (κ1) is 13.9. The van der Waals surface area contributed by atoms with Crippen molar-refractivity contribution < 1.29 is 9.13 Å². The van der Waals surface area contributed by atoms with Crippen LogP contribution in [-0.2, 0) is 0 Å². The smallest absolute Gasteiger partial charge is 0.124 e. The second-order valence-corrected chi connectivity index (χ2v) is 5.33. The molecule has 0 saturated carbocycles. The van der Waals surface area contributed by atoms with Gasteiger partial charge in [0.15, 0.2) is 0 Å². The van der Waals surface area contributed by atoms with Crippen molar-refractivity contribution in [3.05, 3.63) is 53.8 Å². The first-order valence-electron chi connectivity index (χ1n) is 5.97. The summed E-state index contributed by atoms with van der Waals surface area (Å²) in [5.74, 6) is 0.546. The molecule has 100 valence electrons. The van der Waals surface area contributed by atoms with Gasteiger partial charge in [-0.15, -0.1) is 0 Å². The first-order chi connectivity index (χ1) is 9.11. The highest BCUT2D eigenvalue weighted by atomic mass is 32.2. The molecule has 4 heteroatoms. The average molecular weight is 277 g/mol. The predicted octanol–water partition coefficient (Wildman–Crippen LogP) is 4.01. The third-order valence-electron chi connectivity index (χ3n) is 2.74. The molecular weight excluding hydrogens is 261 g/mol. The van der Waals surface area contributed by atoms with Crippen LogP contribution < -0.4 is 10.5 Å². The maximum atomic E-state index is 12.9. The van der Waals surface area contributed by atoms with E-state index in [2.05, 4.69) is 0 Å². The Morgan fingerprint density at radius 2 is 1.84 bits per heavy atom. The summed E-state index contributed by atoms with van der Waals surface area (Å²) in [6, 6.07) is 12.1. The van der Waals surface area contributed by atoms with Crippen LogP contribution in [0.1, 0.15) is 18.5 Å². The third-order valence-corrected chi connectivity index (χ3v) is 3.83. The molecule has 2 nitrogen and oxygen atoms in total. The van der Waals surface area contributed by atoms with Crippen molar-refractivity contribution in [3.8, 4) is 5.75 Å². The number of hydrogen-bond donors (Lipinski definition) is 1. The molecule has 0 aliphatic rings. The van der Waals surface area contributed by atoms with Crippen LogP contribution in [0, 0.1) is 5.82 Å². The Morgan fingerprint density at radius 1 is 1.16 bits per heavy atom. The van der Waals surface area contributed by atoms with Gasteiger partial charge >= 0.3 is 0 Å². The summed E-state index contributed by atoms with van der Waals surface area (Å²) in [6.07, 6.45) is 0.